The van der Waals surface area contributed by atoms with Crippen LogP contribution in [0.1, 0.15) is 175 Å². The van der Waals surface area contributed by atoms with Crippen LogP contribution < -0.4 is 42.6 Å². The van der Waals surface area contributed by atoms with Gasteiger partial charge < -0.3 is 58.0 Å². The van der Waals surface area contributed by atoms with Crippen LogP contribution in [0.5, 0.6) is 69.0 Å². The average molecular weight is 1130 g/mol. The number of ether oxygens (including phenoxy) is 9. The molecule has 6 aliphatic rings. The standard InChI is InChI=1S/2C25H32O4.C21H24O4/c1-16(2)10-12-27-19-6-7-20(22(26)14-19)18-13-17-5-8-23-21(24(17)28-15-18)9-11-25(3,4)29-23;1-4-5-6-13-27-19-8-9-20(22(26)15-19)18-14-17-7-10-23-21(24(17)28-16-18)11-12-25(2,3)29-23;1-21(2)9-8-17-19(25-21)7-4-13-10-14(12-24-20(13)17)16-6-5-15(23-3)11-18(16)22/h5-8,14,16,18,26H,9-13,15H2,1-4H3;7-10,15,18,26H,4-6,11-14,16H2,1-3H3;4-7,11,14,22H,8-10,12H2,1-3H3/t2*18-;14-/m000/s1. The predicted octanol–water partition coefficient (Wildman–Crippen LogP) is 15.6. The molecule has 6 aliphatic heterocycles. The highest BCUT2D eigenvalue weighted by molar-refractivity contribution is 5.57. The molecule has 0 saturated carbocycles. The van der Waals surface area contributed by atoms with Gasteiger partial charge >= 0.3 is 0 Å². The molecular formula is C71H88O12. The molecule has 83 heavy (non-hydrogen) atoms. The fourth-order valence-electron chi connectivity index (χ4n) is 12.3. The van der Waals surface area contributed by atoms with Crippen LogP contribution in [0, 0.1) is 5.92 Å². The fraction of sp³-hybridized carbons (Fsp3) is 0.493. The molecule has 12 nitrogen and oxygen atoms in total. The summed E-state index contributed by atoms with van der Waals surface area (Å²) in [5, 5.41) is 31.5. The van der Waals surface area contributed by atoms with Gasteiger partial charge in [0.25, 0.3) is 0 Å². The zero-order chi connectivity index (χ0) is 58.6. The van der Waals surface area contributed by atoms with Crippen molar-refractivity contribution in [1.29, 1.82) is 0 Å². The van der Waals surface area contributed by atoms with Crippen LogP contribution in [0.25, 0.3) is 0 Å². The third-order valence-electron chi connectivity index (χ3n) is 17.2. The number of methoxy groups -OCH3 is 1. The minimum Gasteiger partial charge on any atom is -0.508 e. The number of phenols is 3. The Kier molecular flexibility index (Phi) is 17.8. The van der Waals surface area contributed by atoms with Crippen molar-refractivity contribution in [1.82, 2.24) is 0 Å². The molecule has 0 fully saturated rings. The highest BCUT2D eigenvalue weighted by Crippen LogP contribution is 2.49. The predicted molar refractivity (Wildman–Crippen MR) is 325 cm³/mol. The number of rotatable bonds is 13. The third-order valence-corrected chi connectivity index (χ3v) is 17.2. The maximum atomic E-state index is 10.6. The maximum absolute atomic E-state index is 10.6. The Morgan fingerprint density at radius 2 is 0.843 bits per heavy atom. The van der Waals surface area contributed by atoms with Gasteiger partial charge in [0.15, 0.2) is 0 Å². The second-order valence-electron chi connectivity index (χ2n) is 25.8. The number of hydrogen-bond donors (Lipinski definition) is 3. The topological polar surface area (TPSA) is 144 Å². The van der Waals surface area contributed by atoms with E-state index < -0.39 is 0 Å². The van der Waals surface area contributed by atoms with Gasteiger partial charge in [0.1, 0.15) is 85.8 Å². The molecule has 3 atom stereocenters. The lowest BCUT2D eigenvalue weighted by Crippen LogP contribution is -2.33. The molecule has 12 rings (SSSR count). The van der Waals surface area contributed by atoms with E-state index in [0.717, 1.165) is 140 Å². The SMILES string of the molecule is CC(C)CCOc1ccc([C@@H]2COc3c(ccc4c3CCC(C)(C)O4)C2)c(O)c1.CCCCCOc1ccc([C@@H]2COc3c(ccc4c3CCC(C)(C)O4)C2)c(O)c1.COc1ccc([C@@H]2COc3c(ccc4c3CCC(C)(C)O4)C2)c(O)c1. The first kappa shape index (κ1) is 59.1. The maximum Gasteiger partial charge on any atom is 0.129 e. The summed E-state index contributed by atoms with van der Waals surface area (Å²) < 4.78 is 53.7. The van der Waals surface area contributed by atoms with Gasteiger partial charge in [-0.2, -0.15) is 0 Å². The normalized spacial score (nSPS) is 19.9. The molecule has 0 unspecified atom stereocenters. The summed E-state index contributed by atoms with van der Waals surface area (Å²) in [5.74, 6) is 9.76. The zero-order valence-corrected chi connectivity index (χ0v) is 50.7. The van der Waals surface area contributed by atoms with Gasteiger partial charge in [-0.15, -0.1) is 0 Å². The lowest BCUT2D eigenvalue weighted by molar-refractivity contribution is 0.0822. The minimum atomic E-state index is -0.122. The molecule has 12 heteroatoms. The fourth-order valence-corrected chi connectivity index (χ4v) is 12.3. The summed E-state index contributed by atoms with van der Waals surface area (Å²) in [4.78, 5) is 0. The number of unbranched alkanes of at least 4 members (excludes halogenated alkanes) is 2. The molecule has 3 N–H and O–H groups in total. The number of aromatic hydroxyl groups is 3. The number of fused-ring (bicyclic) bond motifs is 9. The van der Waals surface area contributed by atoms with E-state index >= 15 is 0 Å². The van der Waals surface area contributed by atoms with E-state index in [1.54, 1.807) is 25.3 Å². The van der Waals surface area contributed by atoms with Crippen LogP contribution in [0.15, 0.2) is 91.0 Å². The van der Waals surface area contributed by atoms with E-state index in [4.69, 9.17) is 42.6 Å². The summed E-state index contributed by atoms with van der Waals surface area (Å²) in [6.45, 7) is 22.3. The van der Waals surface area contributed by atoms with Gasteiger partial charge in [-0.05, 0) is 171 Å². The van der Waals surface area contributed by atoms with Crippen molar-refractivity contribution in [3.8, 4) is 69.0 Å². The van der Waals surface area contributed by atoms with Crippen molar-refractivity contribution in [2.24, 2.45) is 5.92 Å². The van der Waals surface area contributed by atoms with Gasteiger partial charge in [0, 0.05) is 69.3 Å². The highest BCUT2D eigenvalue weighted by atomic mass is 16.5. The van der Waals surface area contributed by atoms with Crippen LogP contribution in [-0.2, 0) is 38.5 Å². The Labute approximate surface area is 492 Å². The Hall–Kier alpha value is -7.08. The molecule has 0 amide bonds. The second kappa shape index (κ2) is 25.0. The molecule has 0 bridgehead atoms. The van der Waals surface area contributed by atoms with E-state index in [1.165, 1.54) is 39.8 Å². The Morgan fingerprint density at radius 1 is 0.482 bits per heavy atom. The van der Waals surface area contributed by atoms with E-state index in [-0.39, 0.29) is 51.8 Å². The van der Waals surface area contributed by atoms with Crippen molar-refractivity contribution in [3.05, 3.63) is 141 Å². The summed E-state index contributed by atoms with van der Waals surface area (Å²) in [6, 6.07) is 29.3. The van der Waals surface area contributed by atoms with Crippen molar-refractivity contribution in [2.75, 3.05) is 40.1 Å². The average Bonchev–Trinajstić information content (AvgIpc) is 3.05. The first-order valence-electron chi connectivity index (χ1n) is 30.4. The van der Waals surface area contributed by atoms with Crippen molar-refractivity contribution in [2.45, 2.75) is 180 Å². The largest absolute Gasteiger partial charge is 0.508 e. The van der Waals surface area contributed by atoms with Gasteiger partial charge in [-0.3, -0.25) is 0 Å². The van der Waals surface area contributed by atoms with Gasteiger partial charge in [0.2, 0.25) is 0 Å². The number of phenolic OH excluding ortho intramolecular Hbond substituents is 3. The molecule has 0 aromatic heterocycles. The van der Waals surface area contributed by atoms with Crippen LogP contribution >= 0.6 is 0 Å². The van der Waals surface area contributed by atoms with Gasteiger partial charge in [-0.25, -0.2) is 0 Å². The van der Waals surface area contributed by atoms with Crippen LogP contribution in [0.4, 0.5) is 0 Å². The monoisotopic (exact) mass is 1130 g/mol. The lowest BCUT2D eigenvalue weighted by atomic mass is 9.86. The number of benzene rings is 6. The molecule has 6 aromatic rings. The lowest BCUT2D eigenvalue weighted by Gasteiger charge is -2.35. The molecule has 0 radical (unpaired) electrons. The van der Waals surface area contributed by atoms with E-state index in [2.05, 4.69) is 98.7 Å². The quantitative estimate of drug-likeness (QED) is 0.0947. The summed E-state index contributed by atoms with van der Waals surface area (Å²) in [6.07, 6.45) is 12.8. The van der Waals surface area contributed by atoms with E-state index in [1.807, 2.05) is 36.4 Å². The molecule has 0 aliphatic carbocycles. The molecule has 6 aromatic carbocycles. The molecule has 0 saturated heterocycles. The second-order valence-corrected chi connectivity index (χ2v) is 25.8. The summed E-state index contributed by atoms with van der Waals surface area (Å²) in [7, 11) is 1.60. The van der Waals surface area contributed by atoms with Gasteiger partial charge in [-0.1, -0.05) is 70.0 Å². The van der Waals surface area contributed by atoms with E-state index in [9.17, 15) is 15.3 Å². The number of hydrogen-bond acceptors (Lipinski definition) is 12. The van der Waals surface area contributed by atoms with Gasteiger partial charge in [0.05, 0.1) is 40.1 Å². The van der Waals surface area contributed by atoms with Crippen LogP contribution in [0.2, 0.25) is 0 Å². The minimum absolute atomic E-state index is 0.118. The third kappa shape index (κ3) is 14.0. The molecular weight excluding hydrogens is 1040 g/mol. The molecule has 6 heterocycles. The summed E-state index contributed by atoms with van der Waals surface area (Å²) in [5.41, 5.74) is 9.54. The zero-order valence-electron chi connectivity index (χ0n) is 50.7. The van der Waals surface area contributed by atoms with Crippen molar-refractivity contribution in [3.63, 3.8) is 0 Å². The molecule has 444 valence electrons. The summed E-state index contributed by atoms with van der Waals surface area (Å²) >= 11 is 0. The van der Waals surface area contributed by atoms with E-state index in [0.29, 0.717) is 44.7 Å². The first-order chi connectivity index (χ1) is 39.8. The van der Waals surface area contributed by atoms with Crippen LogP contribution in [0.3, 0.4) is 0 Å². The smallest absolute Gasteiger partial charge is 0.129 e. The Morgan fingerprint density at radius 3 is 1.19 bits per heavy atom. The first-order valence-corrected chi connectivity index (χ1v) is 30.4. The Bertz CT molecular complexity index is 3250. The van der Waals surface area contributed by atoms with Crippen molar-refractivity contribution >= 4 is 0 Å². The highest BCUT2D eigenvalue weighted by Gasteiger charge is 2.36. The Balaban J connectivity index is 0.000000140. The van der Waals surface area contributed by atoms with Crippen LogP contribution in [-0.4, -0.2) is 72.3 Å². The van der Waals surface area contributed by atoms with Crippen molar-refractivity contribution < 1.29 is 58.0 Å². The molecule has 0 spiro atoms.